The van der Waals surface area contributed by atoms with Crippen molar-refractivity contribution in [3.63, 3.8) is 0 Å². The first-order valence-corrected chi connectivity index (χ1v) is 8.67. The van der Waals surface area contributed by atoms with Gasteiger partial charge in [0.2, 0.25) is 0 Å². The molecule has 0 amide bonds. The molecular weight excluding hydrogens is 342 g/mol. The summed E-state index contributed by atoms with van der Waals surface area (Å²) in [6.45, 7) is 1.96. The van der Waals surface area contributed by atoms with Crippen LogP contribution < -0.4 is 5.63 Å². The number of fused-ring (bicyclic) bond motifs is 1. The molecule has 0 atom stereocenters. The first-order chi connectivity index (χ1) is 13.2. The average Bonchev–Trinajstić information content (AvgIpc) is 3.15. The number of esters is 1. The first-order valence-electron chi connectivity index (χ1n) is 8.67. The van der Waals surface area contributed by atoms with Crippen LogP contribution in [0.3, 0.4) is 0 Å². The lowest BCUT2D eigenvalue weighted by atomic mass is 10.0. The third kappa shape index (κ3) is 3.04. The number of benzene rings is 2. The quantitative estimate of drug-likeness (QED) is 0.539. The predicted molar refractivity (Wildman–Crippen MR) is 104 cm³/mol. The lowest BCUT2D eigenvalue weighted by Crippen LogP contribution is -2.11. The van der Waals surface area contributed by atoms with Crippen LogP contribution in [0.25, 0.3) is 33.5 Å². The van der Waals surface area contributed by atoms with Gasteiger partial charge in [0.25, 0.3) is 0 Å². The van der Waals surface area contributed by atoms with Gasteiger partial charge in [-0.05, 0) is 18.6 Å². The Morgan fingerprint density at radius 3 is 2.26 bits per heavy atom. The highest BCUT2D eigenvalue weighted by atomic mass is 16.5. The lowest BCUT2D eigenvalue weighted by Gasteiger charge is -2.08. The number of carbonyl (C=O) groups is 1. The number of carbonyl (C=O) groups excluding carboxylic acids is 1. The molecule has 0 aliphatic rings. The number of H-pyrrole nitrogens is 1. The third-order valence-corrected chi connectivity index (χ3v) is 4.31. The molecule has 2 aromatic heterocycles. The van der Waals surface area contributed by atoms with Crippen LogP contribution in [0.2, 0.25) is 0 Å². The SMILES string of the molecule is CCOC(=O)c1c(-c2ccccc2)oc(=O)c2[nH]c(-c3ccccc3)cc12. The van der Waals surface area contributed by atoms with Crippen LogP contribution in [-0.2, 0) is 4.74 Å². The van der Waals surface area contributed by atoms with E-state index in [-0.39, 0.29) is 23.4 Å². The summed E-state index contributed by atoms with van der Waals surface area (Å²) >= 11 is 0. The fourth-order valence-corrected chi connectivity index (χ4v) is 3.10. The van der Waals surface area contributed by atoms with Crippen LogP contribution in [0.4, 0.5) is 0 Å². The van der Waals surface area contributed by atoms with Crippen molar-refractivity contribution in [2.24, 2.45) is 0 Å². The topological polar surface area (TPSA) is 72.3 Å². The number of aromatic amines is 1. The van der Waals surface area contributed by atoms with E-state index < -0.39 is 11.6 Å². The molecule has 2 aromatic carbocycles. The summed E-state index contributed by atoms with van der Waals surface area (Å²) in [5, 5.41) is 0.488. The number of rotatable bonds is 4. The van der Waals surface area contributed by atoms with Crippen molar-refractivity contribution in [2.45, 2.75) is 6.92 Å². The molecule has 0 unspecified atom stereocenters. The van der Waals surface area contributed by atoms with Gasteiger partial charge in [-0.3, -0.25) is 0 Å². The van der Waals surface area contributed by atoms with Gasteiger partial charge in [-0.15, -0.1) is 0 Å². The van der Waals surface area contributed by atoms with Crippen molar-refractivity contribution >= 4 is 16.9 Å². The second-order valence-electron chi connectivity index (χ2n) is 6.02. The maximum absolute atomic E-state index is 12.7. The highest BCUT2D eigenvalue weighted by molar-refractivity contribution is 6.09. The van der Waals surface area contributed by atoms with E-state index >= 15 is 0 Å². The molecule has 5 nitrogen and oxygen atoms in total. The van der Waals surface area contributed by atoms with Gasteiger partial charge < -0.3 is 14.1 Å². The van der Waals surface area contributed by atoms with E-state index in [1.165, 1.54) is 0 Å². The predicted octanol–water partition coefficient (Wildman–Crippen LogP) is 4.63. The Hall–Kier alpha value is -3.60. The summed E-state index contributed by atoms with van der Waals surface area (Å²) < 4.78 is 10.8. The average molecular weight is 359 g/mol. The molecule has 1 N–H and O–H groups in total. The molecule has 27 heavy (non-hydrogen) atoms. The molecule has 0 aliphatic heterocycles. The van der Waals surface area contributed by atoms with E-state index in [1.807, 2.05) is 48.5 Å². The zero-order valence-electron chi connectivity index (χ0n) is 14.7. The Morgan fingerprint density at radius 2 is 1.63 bits per heavy atom. The van der Waals surface area contributed by atoms with E-state index in [0.717, 1.165) is 11.3 Å². The second kappa shape index (κ2) is 6.96. The molecule has 0 radical (unpaired) electrons. The zero-order chi connectivity index (χ0) is 18.8. The summed E-state index contributed by atoms with van der Waals surface area (Å²) in [5.74, 6) is -0.311. The molecule has 0 bridgehead atoms. The maximum Gasteiger partial charge on any atom is 0.360 e. The Bertz CT molecular complexity index is 1160. The molecular formula is C22H17NO4. The summed E-state index contributed by atoms with van der Waals surface area (Å²) in [4.78, 5) is 28.4. The van der Waals surface area contributed by atoms with E-state index in [9.17, 15) is 9.59 Å². The third-order valence-electron chi connectivity index (χ3n) is 4.31. The fraction of sp³-hybridized carbons (Fsp3) is 0.0909. The number of hydrogen-bond donors (Lipinski definition) is 1. The van der Waals surface area contributed by atoms with Crippen molar-refractivity contribution in [3.8, 4) is 22.6 Å². The minimum absolute atomic E-state index is 0.213. The molecule has 4 rings (SSSR count). The molecule has 5 heteroatoms. The molecule has 2 heterocycles. The van der Waals surface area contributed by atoms with Gasteiger partial charge in [-0.25, -0.2) is 9.59 Å². The summed E-state index contributed by atoms with van der Waals surface area (Å²) in [6, 6.07) is 20.4. The van der Waals surface area contributed by atoms with Crippen LogP contribution in [0.1, 0.15) is 17.3 Å². The van der Waals surface area contributed by atoms with Crippen LogP contribution in [0.15, 0.2) is 75.9 Å². The van der Waals surface area contributed by atoms with Gasteiger partial charge in [-0.2, -0.15) is 0 Å². The van der Waals surface area contributed by atoms with Gasteiger partial charge >= 0.3 is 11.6 Å². The fourth-order valence-electron chi connectivity index (χ4n) is 3.10. The van der Waals surface area contributed by atoms with E-state index in [4.69, 9.17) is 9.15 Å². The smallest absolute Gasteiger partial charge is 0.360 e. The second-order valence-corrected chi connectivity index (χ2v) is 6.02. The standard InChI is InChI=1S/C22H17NO4/c1-2-26-21(24)18-16-13-17(14-9-5-3-6-10-14)23-19(16)22(25)27-20(18)15-11-7-4-8-12-15/h3-13,23H,2H2,1H3. The van der Waals surface area contributed by atoms with Crippen LogP contribution in [0.5, 0.6) is 0 Å². The van der Waals surface area contributed by atoms with Crippen molar-refractivity contribution < 1.29 is 13.9 Å². The maximum atomic E-state index is 12.7. The summed E-state index contributed by atoms with van der Waals surface area (Å²) in [5.41, 5.74) is 2.24. The molecule has 0 fully saturated rings. The highest BCUT2D eigenvalue weighted by Gasteiger charge is 2.24. The van der Waals surface area contributed by atoms with E-state index in [0.29, 0.717) is 10.9 Å². The highest BCUT2D eigenvalue weighted by Crippen LogP contribution is 2.31. The minimum Gasteiger partial charge on any atom is -0.462 e. The molecule has 0 saturated heterocycles. The van der Waals surface area contributed by atoms with Gasteiger partial charge in [0.15, 0.2) is 5.76 Å². The number of aromatic nitrogens is 1. The lowest BCUT2D eigenvalue weighted by molar-refractivity contribution is 0.0527. The normalized spacial score (nSPS) is 10.9. The number of ether oxygens (including phenoxy) is 1. The van der Waals surface area contributed by atoms with E-state index in [2.05, 4.69) is 4.98 Å². The van der Waals surface area contributed by atoms with E-state index in [1.54, 1.807) is 25.1 Å². The zero-order valence-corrected chi connectivity index (χ0v) is 14.7. The van der Waals surface area contributed by atoms with Crippen molar-refractivity contribution in [3.05, 3.63) is 82.7 Å². The van der Waals surface area contributed by atoms with Crippen molar-refractivity contribution in [1.82, 2.24) is 4.98 Å². The first kappa shape index (κ1) is 16.8. The Labute approximate surface area is 155 Å². The number of hydrogen-bond acceptors (Lipinski definition) is 4. The minimum atomic E-state index is -0.529. The van der Waals surface area contributed by atoms with Crippen molar-refractivity contribution in [2.75, 3.05) is 6.61 Å². The van der Waals surface area contributed by atoms with Gasteiger partial charge in [-0.1, -0.05) is 60.7 Å². The van der Waals surface area contributed by atoms with Crippen LogP contribution in [0, 0.1) is 0 Å². The molecule has 4 aromatic rings. The molecule has 134 valence electrons. The van der Waals surface area contributed by atoms with Crippen molar-refractivity contribution in [1.29, 1.82) is 0 Å². The number of nitrogens with one attached hydrogen (secondary N) is 1. The van der Waals surface area contributed by atoms with Gasteiger partial charge in [0, 0.05) is 16.6 Å². The Balaban J connectivity index is 2.03. The van der Waals surface area contributed by atoms with Gasteiger partial charge in [0.05, 0.1) is 6.61 Å². The van der Waals surface area contributed by atoms with Crippen LogP contribution in [-0.4, -0.2) is 17.6 Å². The van der Waals surface area contributed by atoms with Gasteiger partial charge in [0.1, 0.15) is 11.1 Å². The Morgan fingerprint density at radius 1 is 1.00 bits per heavy atom. The molecule has 0 saturated carbocycles. The monoisotopic (exact) mass is 359 g/mol. The largest absolute Gasteiger partial charge is 0.462 e. The molecule has 0 spiro atoms. The molecule has 0 aliphatic carbocycles. The van der Waals surface area contributed by atoms with Crippen LogP contribution >= 0.6 is 0 Å². The Kier molecular flexibility index (Phi) is 4.34. The summed E-state index contributed by atoms with van der Waals surface area (Å²) in [6.07, 6.45) is 0. The summed E-state index contributed by atoms with van der Waals surface area (Å²) in [7, 11) is 0.